The normalized spacial score (nSPS) is 11.4. The molecular formula is C25H19Cl3FN3O5S. The van der Waals surface area contributed by atoms with Crippen molar-refractivity contribution in [2.75, 3.05) is 4.72 Å². The Kier molecular flexibility index (Phi) is 7.89. The first-order valence-corrected chi connectivity index (χ1v) is 13.5. The fourth-order valence-electron chi connectivity index (χ4n) is 3.64. The Morgan fingerprint density at radius 2 is 1.71 bits per heavy atom. The van der Waals surface area contributed by atoms with Crippen LogP contribution in [0.4, 0.5) is 10.1 Å². The molecule has 0 radical (unpaired) electrons. The van der Waals surface area contributed by atoms with E-state index in [1.54, 1.807) is 44.3 Å². The lowest BCUT2D eigenvalue weighted by Gasteiger charge is -2.12. The maximum atomic E-state index is 14.0. The van der Waals surface area contributed by atoms with E-state index in [2.05, 4.69) is 4.72 Å². The molecule has 0 fully saturated rings. The summed E-state index contributed by atoms with van der Waals surface area (Å²) < 4.78 is 50.9. The number of anilines is 1. The molecule has 0 amide bonds. The maximum absolute atomic E-state index is 14.0. The highest BCUT2D eigenvalue weighted by Crippen LogP contribution is 2.33. The molecule has 4 aromatic rings. The second-order valence-electron chi connectivity index (χ2n) is 8.09. The third-order valence-electron chi connectivity index (χ3n) is 5.72. The molecule has 198 valence electrons. The molecule has 0 bridgehead atoms. The summed E-state index contributed by atoms with van der Waals surface area (Å²) in [5, 5.41) is -0.569. The van der Waals surface area contributed by atoms with Crippen LogP contribution in [0.15, 0.2) is 70.4 Å². The molecule has 4 rings (SSSR count). The summed E-state index contributed by atoms with van der Waals surface area (Å²) in [6.45, 7) is 1.06. The Morgan fingerprint density at radius 3 is 2.37 bits per heavy atom. The summed E-state index contributed by atoms with van der Waals surface area (Å²) in [5.41, 5.74) is -0.314. The van der Waals surface area contributed by atoms with E-state index in [4.69, 9.17) is 39.5 Å². The first-order valence-electron chi connectivity index (χ1n) is 10.9. The van der Waals surface area contributed by atoms with Crippen molar-refractivity contribution < 1.29 is 22.3 Å². The number of hydrogen-bond donors (Lipinski definition) is 1. The number of hydrogen-bond acceptors (Lipinski definition) is 5. The Balaban J connectivity index is 1.67. The van der Waals surface area contributed by atoms with E-state index in [0.29, 0.717) is 11.4 Å². The second-order valence-corrected chi connectivity index (χ2v) is 10.9. The van der Waals surface area contributed by atoms with E-state index in [-0.39, 0.29) is 31.9 Å². The number of carbonyl (C=O) groups is 1. The molecule has 8 nitrogen and oxygen atoms in total. The van der Waals surface area contributed by atoms with Crippen LogP contribution in [0.1, 0.15) is 21.6 Å². The van der Waals surface area contributed by atoms with Gasteiger partial charge in [0.05, 0.1) is 32.0 Å². The second kappa shape index (κ2) is 10.8. The molecule has 1 aromatic heterocycles. The number of nitrogens with zero attached hydrogens (tertiary/aromatic N) is 2. The number of rotatable bonds is 7. The highest BCUT2D eigenvalue weighted by atomic mass is 35.5. The number of para-hydroxylation sites is 1. The average Bonchev–Trinajstić information content (AvgIpc) is 3.08. The zero-order valence-corrected chi connectivity index (χ0v) is 22.9. The summed E-state index contributed by atoms with van der Waals surface area (Å²) in [6, 6.07) is 14.7. The Hall–Kier alpha value is -3.31. The molecule has 38 heavy (non-hydrogen) atoms. The standard InChI is InChI=1S/C25H19Cl3FN3O5S/c1-14-23(24(33)32(31(14)2)16-7-4-3-5-8-16)30-38(35,36)21-12-15(11-19(27)22(21)28)25(34)37-13-17-18(26)9-6-10-20(17)29/h3-12,30H,13H2,1-2H3. The van der Waals surface area contributed by atoms with Gasteiger partial charge in [-0.1, -0.05) is 59.1 Å². The lowest BCUT2D eigenvalue weighted by atomic mass is 10.2. The van der Waals surface area contributed by atoms with Crippen LogP contribution in [0.5, 0.6) is 0 Å². The Bertz CT molecular complexity index is 1700. The van der Waals surface area contributed by atoms with E-state index in [1.165, 1.54) is 21.5 Å². The Labute approximate surface area is 232 Å². The predicted octanol–water partition coefficient (Wildman–Crippen LogP) is 5.74. The van der Waals surface area contributed by atoms with Gasteiger partial charge < -0.3 is 4.74 Å². The smallest absolute Gasteiger partial charge is 0.338 e. The molecule has 0 unspecified atom stereocenters. The maximum Gasteiger partial charge on any atom is 0.338 e. The van der Waals surface area contributed by atoms with Gasteiger partial charge in [-0.15, -0.1) is 0 Å². The van der Waals surface area contributed by atoms with Crippen LogP contribution in [-0.4, -0.2) is 23.8 Å². The van der Waals surface area contributed by atoms with Gasteiger partial charge in [0.1, 0.15) is 23.0 Å². The number of carbonyl (C=O) groups excluding carboxylic acids is 1. The van der Waals surface area contributed by atoms with Crippen molar-refractivity contribution in [3.05, 3.63) is 109 Å². The zero-order valence-electron chi connectivity index (χ0n) is 19.8. The SMILES string of the molecule is Cc1c(NS(=O)(=O)c2cc(C(=O)OCc3c(F)cccc3Cl)cc(Cl)c2Cl)c(=O)n(-c2ccccc2)n1C. The molecule has 0 aliphatic rings. The first-order chi connectivity index (χ1) is 17.9. The molecule has 1 heterocycles. The number of nitrogens with one attached hydrogen (secondary N) is 1. The number of aromatic nitrogens is 2. The monoisotopic (exact) mass is 597 g/mol. The van der Waals surface area contributed by atoms with E-state index < -0.39 is 38.9 Å². The van der Waals surface area contributed by atoms with Gasteiger partial charge in [-0.2, -0.15) is 0 Å². The van der Waals surface area contributed by atoms with Gasteiger partial charge >= 0.3 is 5.97 Å². The van der Waals surface area contributed by atoms with Gasteiger partial charge in [0, 0.05) is 12.6 Å². The highest BCUT2D eigenvalue weighted by Gasteiger charge is 2.27. The average molecular weight is 599 g/mol. The summed E-state index contributed by atoms with van der Waals surface area (Å²) >= 11 is 18.3. The molecule has 0 aliphatic heterocycles. The van der Waals surface area contributed by atoms with Gasteiger partial charge in [-0.3, -0.25) is 14.2 Å². The lowest BCUT2D eigenvalue weighted by molar-refractivity contribution is 0.0469. The molecular weight excluding hydrogens is 580 g/mol. The quantitative estimate of drug-likeness (QED) is 0.274. The predicted molar refractivity (Wildman–Crippen MR) is 144 cm³/mol. The third-order valence-corrected chi connectivity index (χ3v) is 8.36. The number of esters is 1. The van der Waals surface area contributed by atoms with Crippen LogP contribution in [0.3, 0.4) is 0 Å². The number of halogens is 4. The summed E-state index contributed by atoms with van der Waals surface area (Å²) in [6.07, 6.45) is 0. The van der Waals surface area contributed by atoms with Gasteiger partial charge in [-0.05, 0) is 43.3 Å². The van der Waals surface area contributed by atoms with Gasteiger partial charge in [-0.25, -0.2) is 22.3 Å². The van der Waals surface area contributed by atoms with Gasteiger partial charge in [0.15, 0.2) is 0 Å². The number of sulfonamides is 1. The summed E-state index contributed by atoms with van der Waals surface area (Å²) in [5.74, 6) is -1.67. The van der Waals surface area contributed by atoms with Crippen molar-refractivity contribution in [2.45, 2.75) is 18.4 Å². The van der Waals surface area contributed by atoms with Crippen LogP contribution < -0.4 is 10.3 Å². The van der Waals surface area contributed by atoms with Gasteiger partial charge in [0.2, 0.25) is 0 Å². The van der Waals surface area contributed by atoms with Crippen LogP contribution >= 0.6 is 34.8 Å². The zero-order chi connectivity index (χ0) is 27.8. The molecule has 0 atom stereocenters. The topological polar surface area (TPSA) is 99.4 Å². The van der Waals surface area contributed by atoms with Crippen molar-refractivity contribution in [3.63, 3.8) is 0 Å². The molecule has 3 aromatic carbocycles. The van der Waals surface area contributed by atoms with E-state index in [9.17, 15) is 22.4 Å². The largest absolute Gasteiger partial charge is 0.457 e. The van der Waals surface area contributed by atoms with E-state index in [0.717, 1.165) is 18.2 Å². The van der Waals surface area contributed by atoms with Crippen LogP contribution in [0.2, 0.25) is 15.1 Å². The molecule has 1 N–H and O–H groups in total. The van der Waals surface area contributed by atoms with Crippen molar-refractivity contribution in [1.82, 2.24) is 9.36 Å². The summed E-state index contributed by atoms with van der Waals surface area (Å²) in [4.78, 5) is 25.3. The Morgan fingerprint density at radius 1 is 1.03 bits per heavy atom. The minimum atomic E-state index is -4.52. The molecule has 0 saturated carbocycles. The first kappa shape index (κ1) is 27.7. The van der Waals surface area contributed by atoms with Crippen molar-refractivity contribution in [3.8, 4) is 5.69 Å². The molecule has 13 heteroatoms. The minimum absolute atomic E-state index is 0.0497. The third kappa shape index (κ3) is 5.30. The number of ether oxygens (including phenoxy) is 1. The van der Waals surface area contributed by atoms with Crippen molar-refractivity contribution in [1.29, 1.82) is 0 Å². The van der Waals surface area contributed by atoms with Gasteiger partial charge in [0.25, 0.3) is 15.6 Å². The van der Waals surface area contributed by atoms with E-state index >= 15 is 0 Å². The summed E-state index contributed by atoms with van der Waals surface area (Å²) in [7, 11) is -2.91. The molecule has 0 aliphatic carbocycles. The highest BCUT2D eigenvalue weighted by molar-refractivity contribution is 7.92. The molecule has 0 saturated heterocycles. The lowest BCUT2D eigenvalue weighted by Crippen LogP contribution is -2.23. The van der Waals surface area contributed by atoms with Crippen molar-refractivity contribution in [2.24, 2.45) is 7.05 Å². The van der Waals surface area contributed by atoms with E-state index in [1.807, 2.05) is 0 Å². The fraction of sp³-hybridized carbons (Fsp3) is 0.120. The van der Waals surface area contributed by atoms with Crippen LogP contribution in [-0.2, 0) is 28.4 Å². The minimum Gasteiger partial charge on any atom is -0.457 e. The fourth-order valence-corrected chi connectivity index (χ4v) is 5.79. The molecule has 0 spiro atoms. The van der Waals surface area contributed by atoms with Crippen LogP contribution in [0, 0.1) is 12.7 Å². The van der Waals surface area contributed by atoms with Crippen molar-refractivity contribution >= 4 is 56.5 Å². The van der Waals surface area contributed by atoms with Crippen LogP contribution in [0.25, 0.3) is 5.69 Å². The number of benzene rings is 3.